The predicted molar refractivity (Wildman–Crippen MR) is 80.5 cm³/mol. The lowest BCUT2D eigenvalue weighted by atomic mass is 10.2. The molecule has 106 valence electrons. The van der Waals surface area contributed by atoms with Crippen LogP contribution in [0.15, 0.2) is 45.8 Å². The van der Waals surface area contributed by atoms with Crippen molar-refractivity contribution in [1.29, 1.82) is 0 Å². The number of anilines is 2. The molecular formula is C13H12BrFN2O2S. The molecule has 3 N–H and O–H groups in total. The highest BCUT2D eigenvalue weighted by atomic mass is 79.9. The first kappa shape index (κ1) is 14.8. The number of benzene rings is 2. The van der Waals surface area contributed by atoms with Crippen LogP contribution in [0.5, 0.6) is 0 Å². The molecule has 0 aromatic heterocycles. The summed E-state index contributed by atoms with van der Waals surface area (Å²) in [5.41, 5.74) is 6.74. The fourth-order valence-corrected chi connectivity index (χ4v) is 3.27. The summed E-state index contributed by atoms with van der Waals surface area (Å²) in [6.45, 7) is 1.76. The van der Waals surface area contributed by atoms with Gasteiger partial charge in [0.05, 0.1) is 11.4 Å². The molecule has 0 aliphatic carbocycles. The van der Waals surface area contributed by atoms with Crippen LogP contribution in [0.2, 0.25) is 0 Å². The molecule has 4 nitrogen and oxygen atoms in total. The summed E-state index contributed by atoms with van der Waals surface area (Å²) >= 11 is 3.27. The minimum Gasteiger partial charge on any atom is -0.398 e. The Morgan fingerprint density at radius 2 is 1.90 bits per heavy atom. The van der Waals surface area contributed by atoms with E-state index < -0.39 is 15.8 Å². The second kappa shape index (κ2) is 5.41. The SMILES string of the molecule is Cc1ccc(Br)cc1NS(=O)(=O)c1cc(F)ccc1N. The monoisotopic (exact) mass is 358 g/mol. The van der Waals surface area contributed by atoms with E-state index in [0.29, 0.717) is 5.69 Å². The molecular weight excluding hydrogens is 347 g/mol. The van der Waals surface area contributed by atoms with E-state index in [0.717, 1.165) is 22.2 Å². The number of halogens is 2. The Labute approximate surface area is 125 Å². The number of nitrogen functional groups attached to an aromatic ring is 1. The standard InChI is InChI=1S/C13H12BrFN2O2S/c1-8-2-3-9(14)6-12(8)17-20(18,19)13-7-10(15)4-5-11(13)16/h2-7,17H,16H2,1H3. The summed E-state index contributed by atoms with van der Waals surface area (Å²) in [5, 5.41) is 0. The minimum absolute atomic E-state index is 0.00782. The van der Waals surface area contributed by atoms with Gasteiger partial charge < -0.3 is 5.73 Å². The van der Waals surface area contributed by atoms with E-state index in [1.165, 1.54) is 6.07 Å². The average Bonchev–Trinajstić information content (AvgIpc) is 2.36. The van der Waals surface area contributed by atoms with Crippen LogP contribution in [0, 0.1) is 12.7 Å². The number of sulfonamides is 1. The van der Waals surface area contributed by atoms with Crippen molar-refractivity contribution in [3.63, 3.8) is 0 Å². The molecule has 2 aromatic carbocycles. The van der Waals surface area contributed by atoms with Gasteiger partial charge in [0.15, 0.2) is 0 Å². The molecule has 0 unspecified atom stereocenters. The topological polar surface area (TPSA) is 72.2 Å². The van der Waals surface area contributed by atoms with E-state index in [9.17, 15) is 12.8 Å². The lowest BCUT2D eigenvalue weighted by Crippen LogP contribution is -2.15. The van der Waals surface area contributed by atoms with E-state index in [-0.39, 0.29) is 10.6 Å². The summed E-state index contributed by atoms with van der Waals surface area (Å²) in [6, 6.07) is 8.41. The summed E-state index contributed by atoms with van der Waals surface area (Å²) < 4.78 is 40.9. The summed E-state index contributed by atoms with van der Waals surface area (Å²) in [4.78, 5) is -0.281. The number of rotatable bonds is 3. The van der Waals surface area contributed by atoms with E-state index in [4.69, 9.17) is 5.73 Å². The van der Waals surface area contributed by atoms with Crippen molar-refractivity contribution >= 4 is 37.3 Å². The Hall–Kier alpha value is -1.60. The number of nitrogens with one attached hydrogen (secondary N) is 1. The normalized spacial score (nSPS) is 11.3. The van der Waals surface area contributed by atoms with Gasteiger partial charge >= 0.3 is 0 Å². The average molecular weight is 359 g/mol. The third kappa shape index (κ3) is 3.10. The van der Waals surface area contributed by atoms with Crippen LogP contribution in [-0.2, 0) is 10.0 Å². The Bertz CT molecular complexity index is 763. The summed E-state index contributed by atoms with van der Waals surface area (Å²) in [5.74, 6) is -0.662. The zero-order chi connectivity index (χ0) is 14.9. The zero-order valence-electron chi connectivity index (χ0n) is 10.5. The maximum absolute atomic E-state index is 13.2. The number of hydrogen-bond donors (Lipinski definition) is 2. The maximum atomic E-state index is 13.2. The molecule has 0 spiro atoms. The van der Waals surface area contributed by atoms with Crippen molar-refractivity contribution in [2.75, 3.05) is 10.5 Å². The quantitative estimate of drug-likeness (QED) is 0.827. The van der Waals surface area contributed by atoms with Crippen LogP contribution in [0.3, 0.4) is 0 Å². The van der Waals surface area contributed by atoms with Crippen molar-refractivity contribution < 1.29 is 12.8 Å². The van der Waals surface area contributed by atoms with E-state index in [2.05, 4.69) is 20.7 Å². The van der Waals surface area contributed by atoms with E-state index >= 15 is 0 Å². The van der Waals surface area contributed by atoms with Gasteiger partial charge in [-0.15, -0.1) is 0 Å². The molecule has 2 rings (SSSR count). The second-order valence-corrected chi connectivity index (χ2v) is 6.81. The largest absolute Gasteiger partial charge is 0.398 e. The van der Waals surface area contributed by atoms with Gasteiger partial charge in [-0.25, -0.2) is 12.8 Å². The van der Waals surface area contributed by atoms with Gasteiger partial charge in [-0.2, -0.15) is 0 Å². The molecule has 7 heteroatoms. The highest BCUT2D eigenvalue weighted by Gasteiger charge is 2.19. The van der Waals surface area contributed by atoms with Crippen molar-refractivity contribution in [3.05, 3.63) is 52.3 Å². The first-order valence-electron chi connectivity index (χ1n) is 5.63. The molecule has 0 aliphatic rings. The number of aryl methyl sites for hydroxylation is 1. The Balaban J connectivity index is 2.46. The predicted octanol–water partition coefficient (Wildman–Crippen LogP) is 3.28. The summed E-state index contributed by atoms with van der Waals surface area (Å²) in [6.07, 6.45) is 0. The van der Waals surface area contributed by atoms with Gasteiger partial charge in [0.2, 0.25) is 0 Å². The van der Waals surface area contributed by atoms with Gasteiger partial charge in [0.1, 0.15) is 10.7 Å². The Kier molecular flexibility index (Phi) is 4.01. The highest BCUT2D eigenvalue weighted by molar-refractivity contribution is 9.10. The van der Waals surface area contributed by atoms with E-state index in [1.54, 1.807) is 25.1 Å². The molecule has 20 heavy (non-hydrogen) atoms. The molecule has 0 radical (unpaired) electrons. The molecule has 0 atom stereocenters. The maximum Gasteiger partial charge on any atom is 0.264 e. The van der Waals surface area contributed by atoms with Gasteiger partial charge in [0.25, 0.3) is 10.0 Å². The zero-order valence-corrected chi connectivity index (χ0v) is 12.9. The van der Waals surface area contributed by atoms with Gasteiger partial charge in [-0.05, 0) is 42.8 Å². The first-order chi connectivity index (χ1) is 9.29. The van der Waals surface area contributed by atoms with Crippen LogP contribution in [-0.4, -0.2) is 8.42 Å². The second-order valence-electron chi connectivity index (χ2n) is 4.25. The Morgan fingerprint density at radius 1 is 1.20 bits per heavy atom. The fourth-order valence-electron chi connectivity index (χ4n) is 1.64. The minimum atomic E-state index is -3.94. The molecule has 0 amide bonds. The lowest BCUT2D eigenvalue weighted by Gasteiger charge is -2.12. The molecule has 0 saturated carbocycles. The molecule has 2 aromatic rings. The number of nitrogens with two attached hydrogens (primary N) is 1. The third-order valence-corrected chi connectivity index (χ3v) is 4.62. The van der Waals surface area contributed by atoms with Crippen LogP contribution < -0.4 is 10.5 Å². The highest BCUT2D eigenvalue weighted by Crippen LogP contribution is 2.26. The van der Waals surface area contributed by atoms with Crippen molar-refractivity contribution in [1.82, 2.24) is 0 Å². The third-order valence-electron chi connectivity index (χ3n) is 2.71. The fraction of sp³-hybridized carbons (Fsp3) is 0.0769. The molecule has 0 aliphatic heterocycles. The van der Waals surface area contributed by atoms with Crippen LogP contribution in [0.25, 0.3) is 0 Å². The van der Waals surface area contributed by atoms with Gasteiger partial charge in [-0.3, -0.25) is 4.72 Å². The van der Waals surface area contributed by atoms with Gasteiger partial charge in [-0.1, -0.05) is 22.0 Å². The molecule has 0 fully saturated rings. The molecule has 0 bridgehead atoms. The van der Waals surface area contributed by atoms with Crippen LogP contribution in [0.4, 0.5) is 15.8 Å². The lowest BCUT2D eigenvalue weighted by molar-refractivity contribution is 0.596. The van der Waals surface area contributed by atoms with Gasteiger partial charge in [0, 0.05) is 4.47 Å². The van der Waals surface area contributed by atoms with Crippen LogP contribution in [0.1, 0.15) is 5.56 Å². The molecule has 0 saturated heterocycles. The van der Waals surface area contributed by atoms with Crippen molar-refractivity contribution in [2.24, 2.45) is 0 Å². The first-order valence-corrected chi connectivity index (χ1v) is 7.91. The van der Waals surface area contributed by atoms with E-state index in [1.807, 2.05) is 0 Å². The summed E-state index contributed by atoms with van der Waals surface area (Å²) in [7, 11) is -3.94. The Morgan fingerprint density at radius 3 is 2.60 bits per heavy atom. The van der Waals surface area contributed by atoms with Crippen molar-refractivity contribution in [3.8, 4) is 0 Å². The smallest absolute Gasteiger partial charge is 0.264 e. The van der Waals surface area contributed by atoms with Crippen LogP contribution >= 0.6 is 15.9 Å². The number of hydrogen-bond acceptors (Lipinski definition) is 3. The van der Waals surface area contributed by atoms with Crippen molar-refractivity contribution in [2.45, 2.75) is 11.8 Å². The molecule has 0 heterocycles.